The van der Waals surface area contributed by atoms with Crippen molar-refractivity contribution in [2.24, 2.45) is 16.4 Å². The Labute approximate surface area is 135 Å². The van der Waals surface area contributed by atoms with E-state index in [9.17, 15) is 15.3 Å². The molecule has 0 aromatic carbocycles. The van der Waals surface area contributed by atoms with Gasteiger partial charge in [-0.1, -0.05) is 5.11 Å². The number of nitrogens with two attached hydrogens (primary N) is 1. The number of aliphatic hydroxyl groups is 3. The van der Waals surface area contributed by atoms with Gasteiger partial charge in [-0.15, -0.1) is 0 Å². The zero-order valence-electron chi connectivity index (χ0n) is 12.6. The normalized spacial score (nSPS) is 37.2. The number of rotatable bonds is 4. The van der Waals surface area contributed by atoms with Gasteiger partial charge in [-0.3, -0.25) is 0 Å². The SMILES string of the molecule is [N-]=[N+]=NCC1(O)C(O)[C@]2(CO)CC2[C@H]1n1cnc2c(N)ncnc21. The fourth-order valence-electron chi connectivity index (χ4n) is 4.20. The van der Waals surface area contributed by atoms with Crippen molar-refractivity contribution in [1.29, 1.82) is 0 Å². The smallest absolute Gasteiger partial charge is 0.165 e. The summed E-state index contributed by atoms with van der Waals surface area (Å²) >= 11 is 0. The molecule has 3 unspecified atom stereocenters. The van der Waals surface area contributed by atoms with Crippen LogP contribution in [0.5, 0.6) is 0 Å². The molecule has 2 saturated carbocycles. The van der Waals surface area contributed by atoms with Gasteiger partial charge in [0.1, 0.15) is 17.4 Å². The van der Waals surface area contributed by atoms with Crippen molar-refractivity contribution < 1.29 is 15.3 Å². The molecule has 5 atom stereocenters. The van der Waals surface area contributed by atoms with Crippen LogP contribution in [0.15, 0.2) is 17.8 Å². The fraction of sp³-hybridized carbons (Fsp3) is 0.615. The maximum atomic E-state index is 11.1. The highest BCUT2D eigenvalue weighted by atomic mass is 16.4. The molecule has 24 heavy (non-hydrogen) atoms. The Hall–Kier alpha value is -2.46. The molecule has 0 amide bonds. The van der Waals surface area contributed by atoms with Gasteiger partial charge in [-0.25, -0.2) is 15.0 Å². The molecule has 0 spiro atoms. The minimum absolute atomic E-state index is 0.190. The summed E-state index contributed by atoms with van der Waals surface area (Å²) in [4.78, 5) is 14.9. The molecule has 0 radical (unpaired) electrons. The monoisotopic (exact) mass is 332 g/mol. The summed E-state index contributed by atoms with van der Waals surface area (Å²) < 4.78 is 1.62. The molecule has 2 fully saturated rings. The van der Waals surface area contributed by atoms with Crippen LogP contribution in [0, 0.1) is 11.3 Å². The molecule has 0 saturated heterocycles. The average Bonchev–Trinajstić information content (AvgIpc) is 3.09. The third-order valence-electron chi connectivity index (χ3n) is 5.46. The van der Waals surface area contributed by atoms with Crippen molar-refractivity contribution in [2.45, 2.75) is 24.2 Å². The molecule has 2 aromatic heterocycles. The highest BCUT2D eigenvalue weighted by Gasteiger charge is 2.76. The van der Waals surface area contributed by atoms with E-state index in [-0.39, 0.29) is 24.9 Å². The molecule has 0 bridgehead atoms. The lowest BCUT2D eigenvalue weighted by atomic mass is 9.87. The summed E-state index contributed by atoms with van der Waals surface area (Å²) in [6, 6.07) is -0.649. The van der Waals surface area contributed by atoms with Crippen molar-refractivity contribution in [3.8, 4) is 0 Å². The molecule has 11 nitrogen and oxygen atoms in total. The highest BCUT2D eigenvalue weighted by molar-refractivity contribution is 5.81. The predicted molar refractivity (Wildman–Crippen MR) is 81.4 cm³/mol. The molecule has 2 aliphatic carbocycles. The van der Waals surface area contributed by atoms with E-state index in [2.05, 4.69) is 25.0 Å². The number of fused-ring (bicyclic) bond motifs is 2. The number of nitrogen functional groups attached to an aromatic ring is 1. The minimum Gasteiger partial charge on any atom is -0.396 e. The number of azide groups is 1. The quantitative estimate of drug-likeness (QED) is 0.326. The van der Waals surface area contributed by atoms with E-state index in [1.165, 1.54) is 12.7 Å². The second-order valence-corrected chi connectivity index (χ2v) is 6.51. The van der Waals surface area contributed by atoms with Crippen molar-refractivity contribution >= 4 is 17.0 Å². The van der Waals surface area contributed by atoms with Crippen LogP contribution in [-0.2, 0) is 0 Å². The van der Waals surface area contributed by atoms with Gasteiger partial charge in [-0.2, -0.15) is 0 Å². The molecule has 11 heteroatoms. The first-order valence-corrected chi connectivity index (χ1v) is 7.45. The Balaban J connectivity index is 1.88. The van der Waals surface area contributed by atoms with Crippen LogP contribution in [-0.4, -0.2) is 59.7 Å². The summed E-state index contributed by atoms with van der Waals surface area (Å²) in [5.74, 6) is 0.0186. The van der Waals surface area contributed by atoms with E-state index in [0.29, 0.717) is 17.6 Å². The van der Waals surface area contributed by atoms with E-state index in [0.717, 1.165) is 0 Å². The summed E-state index contributed by atoms with van der Waals surface area (Å²) in [6.45, 7) is -0.592. The Bertz CT molecular complexity index is 864. The van der Waals surface area contributed by atoms with Crippen molar-refractivity contribution in [2.75, 3.05) is 18.9 Å². The van der Waals surface area contributed by atoms with Crippen molar-refractivity contribution in [1.82, 2.24) is 19.5 Å². The number of aromatic nitrogens is 4. The summed E-state index contributed by atoms with van der Waals surface area (Å²) in [6.07, 6.45) is 2.08. The van der Waals surface area contributed by atoms with E-state index >= 15 is 0 Å². The van der Waals surface area contributed by atoms with Gasteiger partial charge in [0.2, 0.25) is 0 Å². The number of anilines is 1. The fourth-order valence-corrected chi connectivity index (χ4v) is 4.20. The summed E-state index contributed by atoms with van der Waals surface area (Å²) in [5.41, 5.74) is 12.7. The van der Waals surface area contributed by atoms with Crippen molar-refractivity contribution in [3.63, 3.8) is 0 Å². The summed E-state index contributed by atoms with van der Waals surface area (Å²) in [5, 5.41) is 34.9. The lowest BCUT2D eigenvalue weighted by Crippen LogP contribution is -2.51. The number of aliphatic hydroxyl groups excluding tert-OH is 2. The molecule has 4 rings (SSSR count). The molecule has 5 N–H and O–H groups in total. The highest BCUT2D eigenvalue weighted by Crippen LogP contribution is 2.70. The lowest BCUT2D eigenvalue weighted by molar-refractivity contribution is -0.105. The second kappa shape index (κ2) is 4.77. The molecule has 126 valence electrons. The Kier molecular flexibility index (Phi) is 3.00. The third-order valence-corrected chi connectivity index (χ3v) is 5.46. The van der Waals surface area contributed by atoms with Crippen LogP contribution in [0.4, 0.5) is 5.82 Å². The van der Waals surface area contributed by atoms with Crippen LogP contribution >= 0.6 is 0 Å². The number of nitrogens with zero attached hydrogens (tertiary/aromatic N) is 7. The van der Waals surface area contributed by atoms with E-state index in [1.807, 2.05) is 0 Å². The van der Waals surface area contributed by atoms with Gasteiger partial charge >= 0.3 is 0 Å². The molecule has 2 aliphatic rings. The molecular formula is C13H16N8O3. The Morgan fingerprint density at radius 2 is 2.25 bits per heavy atom. The first-order valence-electron chi connectivity index (χ1n) is 7.45. The summed E-state index contributed by atoms with van der Waals surface area (Å²) in [7, 11) is 0. The zero-order valence-corrected chi connectivity index (χ0v) is 12.6. The van der Waals surface area contributed by atoms with Gasteiger partial charge in [0.25, 0.3) is 0 Å². The lowest BCUT2D eigenvalue weighted by Gasteiger charge is -2.36. The van der Waals surface area contributed by atoms with Gasteiger partial charge in [0.15, 0.2) is 11.5 Å². The van der Waals surface area contributed by atoms with Crippen LogP contribution in [0.1, 0.15) is 12.5 Å². The zero-order chi connectivity index (χ0) is 17.1. The van der Waals surface area contributed by atoms with Crippen LogP contribution in [0.25, 0.3) is 21.6 Å². The van der Waals surface area contributed by atoms with E-state index in [4.69, 9.17) is 11.3 Å². The molecule has 0 aliphatic heterocycles. The maximum absolute atomic E-state index is 11.1. The van der Waals surface area contributed by atoms with E-state index in [1.54, 1.807) is 4.57 Å². The van der Waals surface area contributed by atoms with Crippen LogP contribution in [0.3, 0.4) is 0 Å². The topological polar surface area (TPSA) is 179 Å². The Morgan fingerprint density at radius 1 is 1.46 bits per heavy atom. The first kappa shape index (κ1) is 15.1. The predicted octanol–water partition coefficient (Wildman–Crippen LogP) is -0.636. The van der Waals surface area contributed by atoms with E-state index < -0.39 is 23.2 Å². The minimum atomic E-state index is -1.73. The molecular weight excluding hydrogens is 316 g/mol. The molecule has 2 heterocycles. The third kappa shape index (κ3) is 1.66. The van der Waals surface area contributed by atoms with Gasteiger partial charge < -0.3 is 25.6 Å². The van der Waals surface area contributed by atoms with Crippen molar-refractivity contribution in [3.05, 3.63) is 23.1 Å². The van der Waals surface area contributed by atoms with Gasteiger partial charge in [0, 0.05) is 10.3 Å². The second-order valence-electron chi connectivity index (χ2n) is 6.51. The Morgan fingerprint density at radius 3 is 2.96 bits per heavy atom. The maximum Gasteiger partial charge on any atom is 0.165 e. The average molecular weight is 332 g/mol. The standard InChI is InChI=1S/C13H16N8O3/c14-9-7-10(17-4-16-9)21(5-18-7)8-6-1-12(6,3-22)11(23)13(8,24)2-19-20-15/h4-6,8,11,22-24H,1-3H2,(H2,14,16,17)/t6?,8-,11?,12+,13?/m1/s1. The number of hydrogen-bond acceptors (Lipinski definition) is 8. The molecule has 2 aromatic rings. The van der Waals surface area contributed by atoms with Crippen LogP contribution < -0.4 is 5.73 Å². The number of hydrogen-bond donors (Lipinski definition) is 4. The van der Waals surface area contributed by atoms with Gasteiger partial charge in [0.05, 0.1) is 31.6 Å². The van der Waals surface area contributed by atoms with Gasteiger partial charge in [-0.05, 0) is 17.9 Å². The number of imidazole rings is 1. The van der Waals surface area contributed by atoms with Crippen LogP contribution in [0.2, 0.25) is 0 Å². The first-order chi connectivity index (χ1) is 11.5. The largest absolute Gasteiger partial charge is 0.396 e.